The third-order valence-electron chi connectivity index (χ3n) is 3.85. The monoisotopic (exact) mass is 390 g/mol. The van der Waals surface area contributed by atoms with Crippen LogP contribution in [0.25, 0.3) is 17.0 Å². The van der Waals surface area contributed by atoms with Crippen molar-refractivity contribution in [3.63, 3.8) is 0 Å². The Kier molecular flexibility index (Phi) is 5.14. The van der Waals surface area contributed by atoms with Crippen LogP contribution in [-0.4, -0.2) is 4.98 Å². The van der Waals surface area contributed by atoms with Crippen LogP contribution < -0.4 is 28.1 Å². The quantitative estimate of drug-likeness (QED) is 0.472. The maximum absolute atomic E-state index is 3.62. The first-order chi connectivity index (χ1) is 9.34. The Bertz CT molecular complexity index is 807. The zero-order valence-electron chi connectivity index (χ0n) is 11.1. The molecule has 4 heteroatoms. The molecule has 0 saturated carbocycles. The van der Waals surface area contributed by atoms with E-state index in [0.717, 1.165) is 0 Å². The van der Waals surface area contributed by atoms with Crippen molar-refractivity contribution in [2.24, 2.45) is 0 Å². The molecule has 3 aromatic rings. The number of fused-ring (bicyclic) bond motifs is 2. The number of hydrogen-bond donors (Lipinski definition) is 1. The van der Waals surface area contributed by atoms with Crippen molar-refractivity contribution in [1.29, 1.82) is 0 Å². The van der Waals surface area contributed by atoms with Crippen LogP contribution in [0.5, 0.6) is 0 Å². The Hall–Kier alpha value is -0.817. The fourth-order valence-corrected chi connectivity index (χ4v) is 3.97. The molecule has 21 heavy (non-hydrogen) atoms. The van der Waals surface area contributed by atoms with Crippen LogP contribution in [0.2, 0.25) is 0 Å². The molecule has 0 aliphatic heterocycles. The molecule has 1 aliphatic carbocycles. The van der Waals surface area contributed by atoms with Crippen LogP contribution in [-0.2, 0) is 24.7 Å². The molecule has 1 aliphatic rings. The van der Waals surface area contributed by atoms with E-state index in [2.05, 4.69) is 65.7 Å². The number of nitrogens with one attached hydrogen (secondary N) is 1. The summed E-state index contributed by atoms with van der Waals surface area (Å²) in [5.41, 5.74) is 5.38. The molecule has 0 spiro atoms. The molecule has 1 unspecified atom stereocenters. The molecule has 0 bridgehead atoms. The summed E-state index contributed by atoms with van der Waals surface area (Å²) in [6, 6.07) is 17.3. The van der Waals surface area contributed by atoms with Gasteiger partial charge in [0.05, 0.1) is 0 Å². The van der Waals surface area contributed by atoms with Gasteiger partial charge in [-0.2, -0.15) is 0 Å². The van der Waals surface area contributed by atoms with Crippen LogP contribution in [0, 0.1) is 0 Å². The predicted molar refractivity (Wildman–Crippen MR) is 75.3 cm³/mol. The SMILES string of the molecule is [Cl-].[Cl-].[Zr+2][c]1c(C2C=Cc3ccccc32)[nH]c2ccccc12. The summed E-state index contributed by atoms with van der Waals surface area (Å²) in [6.45, 7) is 0. The first-order valence-corrected chi connectivity index (χ1v) is 7.67. The molecule has 0 fully saturated rings. The van der Waals surface area contributed by atoms with Gasteiger partial charge in [-0.1, -0.05) is 0 Å². The number of allylic oxidation sites excluding steroid dienone is 1. The number of aromatic nitrogens is 1. The Morgan fingerprint density at radius 3 is 2.43 bits per heavy atom. The molecule has 0 amide bonds. The number of halogens is 2. The topological polar surface area (TPSA) is 15.8 Å². The molecule has 1 nitrogen and oxygen atoms in total. The fraction of sp³-hybridized carbons (Fsp3) is 0.0588. The van der Waals surface area contributed by atoms with E-state index in [9.17, 15) is 0 Å². The van der Waals surface area contributed by atoms with E-state index in [1.807, 2.05) is 0 Å². The number of rotatable bonds is 1. The van der Waals surface area contributed by atoms with Crippen molar-refractivity contribution in [3.05, 3.63) is 71.4 Å². The first-order valence-electron chi connectivity index (χ1n) is 6.44. The van der Waals surface area contributed by atoms with Crippen LogP contribution >= 0.6 is 0 Å². The van der Waals surface area contributed by atoms with Crippen molar-refractivity contribution in [3.8, 4) is 0 Å². The van der Waals surface area contributed by atoms with Gasteiger partial charge in [0.25, 0.3) is 0 Å². The van der Waals surface area contributed by atoms with Crippen molar-refractivity contribution >= 4 is 20.3 Å². The van der Waals surface area contributed by atoms with Gasteiger partial charge in [-0.15, -0.1) is 0 Å². The maximum atomic E-state index is 3.62. The Labute approximate surface area is 151 Å². The number of aromatic amines is 1. The molecule has 1 aromatic heterocycles. The van der Waals surface area contributed by atoms with Crippen LogP contribution in [0.15, 0.2) is 54.6 Å². The Morgan fingerprint density at radius 1 is 0.905 bits per heavy atom. The average Bonchev–Trinajstić information content (AvgIpc) is 3.01. The number of benzene rings is 2. The van der Waals surface area contributed by atoms with E-state index in [0.29, 0.717) is 5.92 Å². The van der Waals surface area contributed by atoms with Gasteiger partial charge in [0.1, 0.15) is 0 Å². The van der Waals surface area contributed by atoms with Crippen LogP contribution in [0.4, 0.5) is 0 Å². The standard InChI is InChI=1S/C17H12N.2ClH.Zr/c1-3-7-14-12(5-1)9-10-15(14)17-11-13-6-2-4-8-16(13)18-17;;;/h1-10,15,18H;2*1H;/q;;;+2/p-2. The third-order valence-corrected chi connectivity index (χ3v) is 5.17. The third kappa shape index (κ3) is 2.66. The van der Waals surface area contributed by atoms with Gasteiger partial charge in [-0.05, 0) is 0 Å². The van der Waals surface area contributed by atoms with E-state index in [1.54, 1.807) is 0 Å². The van der Waals surface area contributed by atoms with Gasteiger partial charge in [0, 0.05) is 0 Å². The van der Waals surface area contributed by atoms with Crippen molar-refractivity contribution in [2.75, 3.05) is 0 Å². The van der Waals surface area contributed by atoms with Crippen molar-refractivity contribution in [1.82, 2.24) is 4.98 Å². The fourth-order valence-electron chi connectivity index (χ4n) is 2.90. The summed E-state index contributed by atoms with van der Waals surface area (Å²) in [5.74, 6) is 0.387. The second-order valence-corrected chi connectivity index (χ2v) is 6.15. The predicted octanol–water partition coefficient (Wildman–Crippen LogP) is -2.49. The molecule has 2 aromatic carbocycles. The normalized spacial score (nSPS) is 15.4. The van der Waals surface area contributed by atoms with Gasteiger partial charge < -0.3 is 24.8 Å². The van der Waals surface area contributed by atoms with E-state index in [1.165, 1.54) is 55.7 Å². The van der Waals surface area contributed by atoms with Gasteiger partial charge >= 0.3 is 127 Å². The summed E-state index contributed by atoms with van der Waals surface area (Å²) in [4.78, 5) is 3.62. The summed E-state index contributed by atoms with van der Waals surface area (Å²) in [7, 11) is 0. The molecule has 0 radical (unpaired) electrons. The molecule has 0 saturated heterocycles. The van der Waals surface area contributed by atoms with E-state index >= 15 is 0 Å². The van der Waals surface area contributed by atoms with Crippen LogP contribution in [0.1, 0.15) is 22.7 Å². The van der Waals surface area contributed by atoms with Gasteiger partial charge in [-0.3, -0.25) is 0 Å². The van der Waals surface area contributed by atoms with Gasteiger partial charge in [0.2, 0.25) is 0 Å². The Balaban J connectivity index is 0.000000807. The van der Waals surface area contributed by atoms with Crippen molar-refractivity contribution in [2.45, 2.75) is 5.92 Å². The van der Waals surface area contributed by atoms with Gasteiger partial charge in [0.15, 0.2) is 0 Å². The number of para-hydroxylation sites is 1. The molecule has 103 valence electrons. The summed E-state index contributed by atoms with van der Waals surface area (Å²) in [6.07, 6.45) is 4.55. The molecular weight excluding hydrogens is 380 g/mol. The van der Waals surface area contributed by atoms with E-state index in [-0.39, 0.29) is 24.8 Å². The summed E-state index contributed by atoms with van der Waals surface area (Å²) < 4.78 is 1.45. The molecule has 4 rings (SSSR count). The summed E-state index contributed by atoms with van der Waals surface area (Å²) >= 11 is 1.47. The second-order valence-electron chi connectivity index (χ2n) is 4.92. The summed E-state index contributed by atoms with van der Waals surface area (Å²) in [5, 5.41) is 1.37. The van der Waals surface area contributed by atoms with E-state index < -0.39 is 0 Å². The van der Waals surface area contributed by atoms with E-state index in [4.69, 9.17) is 0 Å². The van der Waals surface area contributed by atoms with Crippen LogP contribution in [0.3, 0.4) is 0 Å². The zero-order valence-corrected chi connectivity index (χ0v) is 15.1. The molecule has 1 atom stereocenters. The second kappa shape index (κ2) is 6.52. The minimum absolute atomic E-state index is 0. The van der Waals surface area contributed by atoms with Crippen molar-refractivity contribution < 1.29 is 49.5 Å². The Morgan fingerprint density at radius 2 is 1.62 bits per heavy atom. The average molecular weight is 392 g/mol. The number of hydrogen-bond acceptors (Lipinski definition) is 0. The minimum atomic E-state index is 0. The van der Waals surface area contributed by atoms with Gasteiger partial charge in [-0.25, -0.2) is 0 Å². The zero-order chi connectivity index (χ0) is 12.8. The molecule has 1 N–H and O–H groups in total. The molecule has 1 heterocycles. The number of H-pyrrole nitrogens is 1. The molecular formula is C17H12Cl2NZr. The first kappa shape index (κ1) is 16.6.